The summed E-state index contributed by atoms with van der Waals surface area (Å²) >= 11 is 0. The summed E-state index contributed by atoms with van der Waals surface area (Å²) in [7, 11) is 1.21. The zero-order valence-corrected chi connectivity index (χ0v) is 4.59. The smallest absolute Gasteiger partial charge is 0.438 e. The standard InChI is InChI=1S/C4H8O4/c1-7-4(6)8-3-2-5/h5H,2-3H2,1H3. The molecule has 0 aromatic heterocycles. The van der Waals surface area contributed by atoms with Gasteiger partial charge in [0.15, 0.2) is 0 Å². The molecule has 0 saturated heterocycles. The van der Waals surface area contributed by atoms with E-state index in [9.17, 15) is 4.79 Å². The van der Waals surface area contributed by atoms with Crippen LogP contribution in [0.1, 0.15) is 0 Å². The molecule has 4 nitrogen and oxygen atoms in total. The van der Waals surface area contributed by atoms with Crippen LogP contribution in [0.5, 0.6) is 0 Å². The first kappa shape index (κ1) is 7.23. The van der Waals surface area contributed by atoms with Crippen LogP contribution in [0.4, 0.5) is 4.79 Å². The van der Waals surface area contributed by atoms with Crippen molar-refractivity contribution < 1.29 is 19.4 Å². The van der Waals surface area contributed by atoms with E-state index in [0.717, 1.165) is 0 Å². The number of aliphatic hydroxyl groups is 1. The van der Waals surface area contributed by atoms with Gasteiger partial charge in [-0.1, -0.05) is 0 Å². The molecule has 8 heavy (non-hydrogen) atoms. The van der Waals surface area contributed by atoms with Crippen molar-refractivity contribution in [2.45, 2.75) is 0 Å². The second-order valence-corrected chi connectivity index (χ2v) is 1.03. The summed E-state index contributed by atoms with van der Waals surface area (Å²) in [6.45, 7) is -0.179. The molecule has 0 unspecified atom stereocenters. The fraction of sp³-hybridized carbons (Fsp3) is 0.750. The Labute approximate surface area is 47.0 Å². The van der Waals surface area contributed by atoms with Crippen molar-refractivity contribution in [3.63, 3.8) is 0 Å². The third-order valence-corrected chi connectivity index (χ3v) is 0.478. The summed E-state index contributed by atoms with van der Waals surface area (Å²) in [5.74, 6) is 0. The summed E-state index contributed by atoms with van der Waals surface area (Å²) in [5.41, 5.74) is 0. The largest absolute Gasteiger partial charge is 0.508 e. The summed E-state index contributed by atoms with van der Waals surface area (Å²) in [6, 6.07) is 0. The highest BCUT2D eigenvalue weighted by Crippen LogP contribution is 1.78. The van der Waals surface area contributed by atoms with Gasteiger partial charge in [-0.15, -0.1) is 0 Å². The van der Waals surface area contributed by atoms with E-state index in [0.29, 0.717) is 0 Å². The summed E-state index contributed by atoms with van der Waals surface area (Å²) in [4.78, 5) is 10.0. The van der Waals surface area contributed by atoms with Gasteiger partial charge in [-0.3, -0.25) is 0 Å². The van der Waals surface area contributed by atoms with Gasteiger partial charge in [0.2, 0.25) is 0 Å². The molecule has 0 amide bonds. The van der Waals surface area contributed by atoms with Crippen molar-refractivity contribution in [1.82, 2.24) is 0 Å². The third-order valence-electron chi connectivity index (χ3n) is 0.478. The number of methoxy groups -OCH3 is 1. The van der Waals surface area contributed by atoms with E-state index in [1.54, 1.807) is 0 Å². The molecule has 0 saturated carbocycles. The number of carbonyl (C=O) groups is 1. The Bertz CT molecular complexity index is 70.4. The van der Waals surface area contributed by atoms with Crippen LogP contribution in [-0.2, 0) is 9.47 Å². The molecular formula is C4H8O4. The lowest BCUT2D eigenvalue weighted by atomic mass is 10.8. The zero-order chi connectivity index (χ0) is 6.41. The molecular weight excluding hydrogens is 112 g/mol. The van der Waals surface area contributed by atoms with Gasteiger partial charge in [-0.25, -0.2) is 4.79 Å². The highest BCUT2D eigenvalue weighted by Gasteiger charge is 1.95. The molecule has 1 N–H and O–H groups in total. The molecule has 0 aliphatic rings. The number of aliphatic hydroxyl groups excluding tert-OH is 1. The number of rotatable bonds is 2. The maximum atomic E-state index is 10.0. The van der Waals surface area contributed by atoms with Crippen molar-refractivity contribution in [2.75, 3.05) is 20.3 Å². The molecule has 0 spiro atoms. The van der Waals surface area contributed by atoms with Crippen molar-refractivity contribution in [2.24, 2.45) is 0 Å². The lowest BCUT2D eigenvalue weighted by Crippen LogP contribution is -2.07. The van der Waals surface area contributed by atoms with Gasteiger partial charge >= 0.3 is 6.16 Å². The Morgan fingerprint density at radius 2 is 2.38 bits per heavy atom. The molecule has 0 heterocycles. The van der Waals surface area contributed by atoms with Crippen LogP contribution >= 0.6 is 0 Å². The molecule has 0 aliphatic carbocycles. The second kappa shape index (κ2) is 4.39. The van der Waals surface area contributed by atoms with Gasteiger partial charge in [0.1, 0.15) is 6.61 Å². The first-order chi connectivity index (χ1) is 3.81. The first-order valence-electron chi connectivity index (χ1n) is 2.13. The molecule has 0 aromatic rings. The molecule has 0 rings (SSSR count). The molecule has 48 valence electrons. The third kappa shape index (κ3) is 3.42. The fourth-order valence-corrected chi connectivity index (χ4v) is 0.188. The minimum Gasteiger partial charge on any atom is -0.438 e. The maximum Gasteiger partial charge on any atom is 0.508 e. The van der Waals surface area contributed by atoms with Crippen LogP contribution in [0.3, 0.4) is 0 Å². The summed E-state index contributed by atoms with van der Waals surface area (Å²) in [5, 5.41) is 8.08. The van der Waals surface area contributed by atoms with Crippen LogP contribution in [0.15, 0.2) is 0 Å². The highest BCUT2D eigenvalue weighted by molar-refractivity contribution is 5.59. The minimum absolute atomic E-state index is 0.00727. The SMILES string of the molecule is COC(=O)OCCO. The molecule has 0 aliphatic heterocycles. The number of ether oxygens (including phenoxy) is 2. The Morgan fingerprint density at radius 3 is 2.75 bits per heavy atom. The van der Waals surface area contributed by atoms with Crippen molar-refractivity contribution in [1.29, 1.82) is 0 Å². The Kier molecular flexibility index (Phi) is 3.97. The van der Waals surface area contributed by atoms with Gasteiger partial charge in [-0.2, -0.15) is 0 Å². The normalized spacial score (nSPS) is 8.25. The van der Waals surface area contributed by atoms with Gasteiger partial charge in [0, 0.05) is 0 Å². The maximum absolute atomic E-state index is 10.0. The van der Waals surface area contributed by atoms with E-state index in [-0.39, 0.29) is 13.2 Å². The molecule has 0 radical (unpaired) electrons. The zero-order valence-electron chi connectivity index (χ0n) is 4.59. The predicted molar refractivity (Wildman–Crippen MR) is 25.4 cm³/mol. The predicted octanol–water partition coefficient (Wildman–Crippen LogP) is -0.238. The van der Waals surface area contributed by atoms with Crippen LogP contribution in [0.2, 0.25) is 0 Å². The molecule has 0 atom stereocenters. The van der Waals surface area contributed by atoms with E-state index in [2.05, 4.69) is 9.47 Å². The van der Waals surface area contributed by atoms with Gasteiger partial charge < -0.3 is 14.6 Å². The lowest BCUT2D eigenvalue weighted by molar-refractivity contribution is 0.0585. The first-order valence-corrected chi connectivity index (χ1v) is 2.13. The van der Waals surface area contributed by atoms with Gasteiger partial charge in [-0.05, 0) is 0 Å². The quantitative estimate of drug-likeness (QED) is 0.511. The topological polar surface area (TPSA) is 55.8 Å². The number of carbonyl (C=O) groups excluding carboxylic acids is 1. The molecule has 0 bridgehead atoms. The number of hydrogen-bond acceptors (Lipinski definition) is 4. The van der Waals surface area contributed by atoms with E-state index in [4.69, 9.17) is 5.11 Å². The molecule has 4 heteroatoms. The van der Waals surface area contributed by atoms with E-state index in [1.807, 2.05) is 0 Å². The average Bonchev–Trinajstić information content (AvgIpc) is 1.83. The fourth-order valence-electron chi connectivity index (χ4n) is 0.188. The van der Waals surface area contributed by atoms with Gasteiger partial charge in [0.25, 0.3) is 0 Å². The van der Waals surface area contributed by atoms with Crippen LogP contribution in [0, 0.1) is 0 Å². The summed E-state index contributed by atoms with van der Waals surface area (Å²) in [6.07, 6.45) is -0.765. The van der Waals surface area contributed by atoms with Crippen LogP contribution < -0.4 is 0 Å². The van der Waals surface area contributed by atoms with Crippen molar-refractivity contribution >= 4 is 6.16 Å². The minimum atomic E-state index is -0.765. The molecule has 0 fully saturated rings. The van der Waals surface area contributed by atoms with Crippen molar-refractivity contribution in [3.8, 4) is 0 Å². The van der Waals surface area contributed by atoms with Crippen molar-refractivity contribution in [3.05, 3.63) is 0 Å². The highest BCUT2D eigenvalue weighted by atomic mass is 16.7. The van der Waals surface area contributed by atoms with Crippen LogP contribution in [-0.4, -0.2) is 31.6 Å². The monoisotopic (exact) mass is 120 g/mol. The Balaban J connectivity index is 2.99. The van der Waals surface area contributed by atoms with E-state index < -0.39 is 6.16 Å². The lowest BCUT2D eigenvalue weighted by Gasteiger charge is -1.97. The second-order valence-electron chi connectivity index (χ2n) is 1.03. The Hall–Kier alpha value is -0.770. The molecule has 0 aromatic carbocycles. The number of hydrogen-bond donors (Lipinski definition) is 1. The van der Waals surface area contributed by atoms with Gasteiger partial charge in [0.05, 0.1) is 13.7 Å². The average molecular weight is 120 g/mol. The summed E-state index contributed by atoms with van der Waals surface area (Å²) < 4.78 is 8.31. The van der Waals surface area contributed by atoms with Crippen LogP contribution in [0.25, 0.3) is 0 Å². The van der Waals surface area contributed by atoms with E-state index >= 15 is 0 Å². The van der Waals surface area contributed by atoms with E-state index in [1.165, 1.54) is 7.11 Å². The Morgan fingerprint density at radius 1 is 1.75 bits per heavy atom.